The molecule has 0 fully saturated rings. The first-order valence-corrected chi connectivity index (χ1v) is 9.24. The highest BCUT2D eigenvalue weighted by atomic mass is 31.1. The van der Waals surface area contributed by atoms with Crippen molar-refractivity contribution in [1.29, 1.82) is 5.26 Å². The predicted octanol–water partition coefficient (Wildman–Crippen LogP) is 4.32. The van der Waals surface area contributed by atoms with Crippen molar-refractivity contribution in [2.75, 3.05) is 6.61 Å². The lowest BCUT2D eigenvalue weighted by Gasteiger charge is -2.06. The minimum absolute atomic E-state index is 0.181. The van der Waals surface area contributed by atoms with Gasteiger partial charge in [0, 0.05) is 0 Å². The van der Waals surface area contributed by atoms with E-state index in [2.05, 4.69) is 54.2 Å². The third-order valence-electron chi connectivity index (χ3n) is 3.05. The average molecular weight is 386 g/mol. The maximum Gasteiger partial charge on any atom is 0.138 e. The molecule has 0 aliphatic rings. The lowest BCUT2D eigenvalue weighted by molar-refractivity contribution is 0.291. The molecule has 0 aromatic heterocycles. The molecule has 0 heterocycles. The van der Waals surface area contributed by atoms with E-state index in [1.54, 1.807) is 0 Å². The van der Waals surface area contributed by atoms with Crippen LogP contribution < -0.4 is 10.6 Å². The van der Waals surface area contributed by atoms with E-state index < -0.39 is 0 Å². The molecule has 0 spiro atoms. The number of rotatable bonds is 4. The van der Waals surface area contributed by atoms with Crippen LogP contribution in [0.2, 0.25) is 0 Å². The second-order valence-electron chi connectivity index (χ2n) is 5.69. The quantitative estimate of drug-likeness (QED) is 0.483. The number of nitrogens with two attached hydrogens (primary N) is 1. The number of benzene rings is 2. The van der Waals surface area contributed by atoms with Crippen LogP contribution in [0.3, 0.4) is 0 Å². The minimum Gasteiger partial charge on any atom is -0.494 e. The molecule has 0 aliphatic heterocycles. The Morgan fingerprint density at radius 1 is 1.04 bits per heavy atom. The summed E-state index contributed by atoms with van der Waals surface area (Å²) >= 11 is 0. The monoisotopic (exact) mass is 386 g/mol. The van der Waals surface area contributed by atoms with E-state index >= 15 is 0 Å². The molecule has 0 aliphatic carbocycles. The van der Waals surface area contributed by atoms with Gasteiger partial charge in [0.1, 0.15) is 11.9 Å². The molecule has 0 amide bonds. The summed E-state index contributed by atoms with van der Waals surface area (Å²) in [6.45, 7) is 4.75. The zero-order valence-corrected chi connectivity index (χ0v) is 17.3. The molecule has 4 nitrogen and oxygen atoms in total. The van der Waals surface area contributed by atoms with E-state index in [4.69, 9.17) is 10.00 Å². The van der Waals surface area contributed by atoms with Crippen LogP contribution in [0.1, 0.15) is 25.8 Å². The van der Waals surface area contributed by atoms with E-state index in [1.807, 2.05) is 55.5 Å². The van der Waals surface area contributed by atoms with Gasteiger partial charge >= 0.3 is 0 Å². The summed E-state index contributed by atoms with van der Waals surface area (Å²) < 4.78 is 5.54. The van der Waals surface area contributed by atoms with Gasteiger partial charge in [-0.15, -0.1) is 18.5 Å². The molecule has 2 N–H and O–H groups in total. The number of nitriles is 1. The van der Waals surface area contributed by atoms with Crippen molar-refractivity contribution in [1.82, 2.24) is 0 Å². The summed E-state index contributed by atoms with van der Waals surface area (Å²) in [5.41, 5.74) is 2.92. The molecule has 2 aromatic rings. The van der Waals surface area contributed by atoms with Gasteiger partial charge in [0.15, 0.2) is 0 Å². The highest BCUT2D eigenvalue weighted by Gasteiger charge is 2.03. The standard InChI is InChI=1S/C16H15NO.C4H9NOP2/c1-2-11-18-16-9-7-15(8-10-16)14-5-3-13(12-17)4-6-14;1-4(7,8)2-3-6-5/h3-10H,2,11H2,1H3;5,7-8H2,1H3. The van der Waals surface area contributed by atoms with Crippen molar-refractivity contribution < 1.29 is 9.57 Å². The van der Waals surface area contributed by atoms with Gasteiger partial charge < -0.3 is 9.57 Å². The summed E-state index contributed by atoms with van der Waals surface area (Å²) in [5.74, 6) is 8.24. The summed E-state index contributed by atoms with van der Waals surface area (Å²) in [7, 11) is 5.04. The highest BCUT2D eigenvalue weighted by Crippen LogP contribution is 2.24. The normalized spacial score (nSPS) is 9.69. The van der Waals surface area contributed by atoms with Crippen LogP contribution in [0, 0.1) is 23.4 Å². The molecule has 26 heavy (non-hydrogen) atoms. The van der Waals surface area contributed by atoms with Crippen LogP contribution in [-0.2, 0) is 4.84 Å². The molecule has 2 aromatic carbocycles. The molecule has 0 saturated heterocycles. The van der Waals surface area contributed by atoms with Gasteiger partial charge in [-0.25, -0.2) is 0 Å². The fourth-order valence-corrected chi connectivity index (χ4v) is 1.96. The Bertz CT molecular complexity index is 765. The third-order valence-corrected chi connectivity index (χ3v) is 3.34. The summed E-state index contributed by atoms with van der Waals surface area (Å²) in [6.07, 6.45) is 3.29. The Kier molecular flexibility index (Phi) is 9.72. The van der Waals surface area contributed by atoms with Crippen molar-refractivity contribution >= 4 is 18.5 Å². The first kappa shape index (κ1) is 22.0. The van der Waals surface area contributed by atoms with E-state index in [0.717, 1.165) is 29.9 Å². The summed E-state index contributed by atoms with van der Waals surface area (Å²) in [4.78, 5) is 3.85. The minimum atomic E-state index is -0.181. The molecule has 0 radical (unpaired) electrons. The maximum atomic E-state index is 8.75. The first-order valence-electron chi connectivity index (χ1n) is 8.08. The molecule has 2 unspecified atom stereocenters. The van der Waals surface area contributed by atoms with Crippen LogP contribution in [0.5, 0.6) is 5.75 Å². The maximum absolute atomic E-state index is 8.75. The Balaban J connectivity index is 0.000000359. The smallest absolute Gasteiger partial charge is 0.138 e. The van der Waals surface area contributed by atoms with E-state index in [9.17, 15) is 0 Å². The molecule has 2 atom stereocenters. The number of hydrogen-bond acceptors (Lipinski definition) is 4. The lowest BCUT2D eigenvalue weighted by Crippen LogP contribution is -1.99. The zero-order valence-electron chi connectivity index (χ0n) is 15.0. The van der Waals surface area contributed by atoms with Gasteiger partial charge in [-0.3, -0.25) is 0 Å². The molecular formula is C20H24N2O2P2. The molecular weight excluding hydrogens is 362 g/mol. The van der Waals surface area contributed by atoms with Crippen molar-refractivity contribution in [3.63, 3.8) is 0 Å². The van der Waals surface area contributed by atoms with Crippen LogP contribution in [0.4, 0.5) is 0 Å². The summed E-state index contributed by atoms with van der Waals surface area (Å²) in [5, 5.41) is 8.75. The third kappa shape index (κ3) is 8.84. The van der Waals surface area contributed by atoms with Crippen LogP contribution in [0.25, 0.3) is 11.1 Å². The van der Waals surface area contributed by atoms with Crippen LogP contribution in [0.15, 0.2) is 48.5 Å². The van der Waals surface area contributed by atoms with Gasteiger partial charge in [-0.1, -0.05) is 31.2 Å². The lowest BCUT2D eigenvalue weighted by atomic mass is 10.0. The van der Waals surface area contributed by atoms with E-state index in [0.29, 0.717) is 5.56 Å². The summed E-state index contributed by atoms with van der Waals surface area (Å²) in [6, 6.07) is 17.7. The van der Waals surface area contributed by atoms with Crippen molar-refractivity contribution in [2.24, 2.45) is 5.90 Å². The molecule has 2 rings (SSSR count). The van der Waals surface area contributed by atoms with Crippen LogP contribution in [-0.4, -0.2) is 11.5 Å². The number of hydrogen-bond donors (Lipinski definition) is 1. The van der Waals surface area contributed by atoms with Crippen molar-refractivity contribution in [2.45, 2.75) is 25.2 Å². The van der Waals surface area contributed by atoms with Gasteiger partial charge in [0.2, 0.25) is 0 Å². The molecule has 0 saturated carbocycles. The van der Waals surface area contributed by atoms with Crippen molar-refractivity contribution in [3.05, 3.63) is 54.1 Å². The average Bonchev–Trinajstić information content (AvgIpc) is 2.65. The van der Waals surface area contributed by atoms with Crippen LogP contribution >= 0.6 is 18.5 Å². The second kappa shape index (κ2) is 11.5. The van der Waals surface area contributed by atoms with Crippen molar-refractivity contribution in [3.8, 4) is 35.0 Å². The number of nitrogens with zero attached hydrogens (tertiary/aromatic N) is 1. The van der Waals surface area contributed by atoms with Gasteiger partial charge in [0.05, 0.1) is 23.1 Å². The topological polar surface area (TPSA) is 68.3 Å². The predicted molar refractivity (Wildman–Crippen MR) is 113 cm³/mol. The first-order chi connectivity index (χ1) is 12.4. The van der Waals surface area contributed by atoms with E-state index in [-0.39, 0.29) is 4.90 Å². The van der Waals surface area contributed by atoms with Gasteiger partial charge in [0.25, 0.3) is 0 Å². The van der Waals surface area contributed by atoms with Gasteiger partial charge in [-0.2, -0.15) is 11.2 Å². The molecule has 6 heteroatoms. The Hall–Kier alpha value is -2.09. The SMILES string of the molecule is CC(P)(P)C#CON.CCCOc1ccc(-c2ccc(C#N)cc2)cc1. The Morgan fingerprint density at radius 3 is 1.96 bits per heavy atom. The number of ether oxygens (including phenoxy) is 1. The largest absolute Gasteiger partial charge is 0.494 e. The van der Waals surface area contributed by atoms with E-state index in [1.165, 1.54) is 0 Å². The molecule has 0 bridgehead atoms. The Morgan fingerprint density at radius 2 is 1.58 bits per heavy atom. The highest BCUT2D eigenvalue weighted by molar-refractivity contribution is 7.40. The Labute approximate surface area is 160 Å². The molecule has 136 valence electrons. The second-order valence-corrected chi connectivity index (χ2v) is 8.75. The fourth-order valence-electron chi connectivity index (χ4n) is 1.84. The zero-order chi connectivity index (χ0) is 19.4. The fraction of sp³-hybridized carbons (Fsp3) is 0.250. The van der Waals surface area contributed by atoms with Gasteiger partial charge in [-0.05, 0) is 54.7 Å².